The highest BCUT2D eigenvalue weighted by molar-refractivity contribution is 5.49. The van der Waals surface area contributed by atoms with Crippen LogP contribution >= 0.6 is 0 Å². The van der Waals surface area contributed by atoms with Crippen LogP contribution < -0.4 is 4.74 Å². The average molecular weight is 266 g/mol. The van der Waals surface area contributed by atoms with Crippen LogP contribution in [0, 0.1) is 42.3 Å². The number of benzene rings is 2. The van der Waals surface area contributed by atoms with Crippen LogP contribution in [-0.4, -0.2) is 0 Å². The van der Waals surface area contributed by atoms with E-state index >= 15 is 0 Å². The number of halogens is 1. The first-order valence-electron chi connectivity index (χ1n) is 5.94. The highest BCUT2D eigenvalue weighted by Gasteiger charge is 2.11. The zero-order chi connectivity index (χ0) is 14.7. The second kappa shape index (κ2) is 5.42. The fourth-order valence-electron chi connectivity index (χ4n) is 1.94. The molecule has 0 aliphatic heterocycles. The van der Waals surface area contributed by atoms with Gasteiger partial charge in [0.15, 0.2) is 11.6 Å². The molecule has 0 amide bonds. The van der Waals surface area contributed by atoms with E-state index in [1.807, 2.05) is 6.07 Å². The molecule has 2 aromatic rings. The van der Waals surface area contributed by atoms with E-state index in [0.717, 1.165) is 17.2 Å². The Morgan fingerprint density at radius 1 is 0.950 bits per heavy atom. The summed E-state index contributed by atoms with van der Waals surface area (Å²) in [5, 5.41) is 17.6. The Bertz CT molecular complexity index is 731. The Labute approximate surface area is 116 Å². The maximum atomic E-state index is 13.8. The highest BCUT2D eigenvalue weighted by atomic mass is 19.1. The molecule has 0 bridgehead atoms. The molecule has 3 nitrogen and oxygen atoms in total. The zero-order valence-corrected chi connectivity index (χ0v) is 11.1. The molecule has 0 aliphatic rings. The minimum Gasteiger partial charge on any atom is -0.454 e. The summed E-state index contributed by atoms with van der Waals surface area (Å²) in [6.45, 7) is 3.59. The third-order valence-electron chi connectivity index (χ3n) is 2.86. The first-order chi connectivity index (χ1) is 9.55. The normalized spacial score (nSPS) is 9.65. The first-order valence-corrected chi connectivity index (χ1v) is 5.94. The maximum Gasteiger partial charge on any atom is 0.167 e. The van der Waals surface area contributed by atoms with Crippen LogP contribution in [0.5, 0.6) is 11.5 Å². The van der Waals surface area contributed by atoms with Crippen molar-refractivity contribution in [1.29, 1.82) is 10.5 Å². The van der Waals surface area contributed by atoms with Gasteiger partial charge in [-0.3, -0.25) is 0 Å². The monoisotopic (exact) mass is 266 g/mol. The van der Waals surface area contributed by atoms with Crippen molar-refractivity contribution in [3.05, 3.63) is 58.4 Å². The van der Waals surface area contributed by atoms with Crippen molar-refractivity contribution in [3.63, 3.8) is 0 Å². The largest absolute Gasteiger partial charge is 0.454 e. The van der Waals surface area contributed by atoms with Gasteiger partial charge in [-0.2, -0.15) is 10.5 Å². The van der Waals surface area contributed by atoms with Crippen molar-refractivity contribution in [3.8, 4) is 23.6 Å². The van der Waals surface area contributed by atoms with Crippen molar-refractivity contribution in [1.82, 2.24) is 0 Å². The predicted molar refractivity (Wildman–Crippen MR) is 71.8 cm³/mol. The molecule has 0 N–H and O–H groups in total. The molecule has 0 heterocycles. The van der Waals surface area contributed by atoms with Crippen LogP contribution in [0.2, 0.25) is 0 Å². The van der Waals surface area contributed by atoms with Gasteiger partial charge in [0.25, 0.3) is 0 Å². The molecule has 98 valence electrons. The van der Waals surface area contributed by atoms with Gasteiger partial charge < -0.3 is 4.74 Å². The van der Waals surface area contributed by atoms with E-state index in [9.17, 15) is 4.39 Å². The SMILES string of the molecule is Cc1cc(C#N)cc(C)c1Oc1ccc(C#N)cc1F. The molecule has 0 spiro atoms. The third kappa shape index (κ3) is 2.60. The van der Waals surface area contributed by atoms with E-state index < -0.39 is 5.82 Å². The molecule has 0 aromatic heterocycles. The molecule has 4 heteroatoms. The Morgan fingerprint density at radius 2 is 1.55 bits per heavy atom. The number of aryl methyl sites for hydroxylation is 2. The number of hydrogen-bond acceptors (Lipinski definition) is 3. The van der Waals surface area contributed by atoms with Gasteiger partial charge in [0.2, 0.25) is 0 Å². The Hall–Kier alpha value is -2.85. The average Bonchev–Trinajstić information content (AvgIpc) is 2.43. The molecular weight excluding hydrogens is 255 g/mol. The summed E-state index contributed by atoms with van der Waals surface area (Å²) < 4.78 is 19.4. The maximum absolute atomic E-state index is 13.8. The van der Waals surface area contributed by atoms with E-state index in [-0.39, 0.29) is 11.3 Å². The number of nitriles is 2. The summed E-state index contributed by atoms with van der Waals surface area (Å²) in [6, 6.07) is 11.3. The zero-order valence-electron chi connectivity index (χ0n) is 11.1. The molecule has 0 radical (unpaired) electrons. The quantitative estimate of drug-likeness (QED) is 0.826. The van der Waals surface area contributed by atoms with Crippen molar-refractivity contribution in [2.45, 2.75) is 13.8 Å². The van der Waals surface area contributed by atoms with Gasteiger partial charge in [-0.15, -0.1) is 0 Å². The van der Waals surface area contributed by atoms with Gasteiger partial charge in [-0.05, 0) is 55.3 Å². The number of nitrogens with zero attached hydrogens (tertiary/aromatic N) is 2. The lowest BCUT2D eigenvalue weighted by atomic mass is 10.1. The Morgan fingerprint density at radius 3 is 2.05 bits per heavy atom. The van der Waals surface area contributed by atoms with Crippen molar-refractivity contribution in [2.24, 2.45) is 0 Å². The summed E-state index contributed by atoms with van der Waals surface area (Å²) in [6.07, 6.45) is 0. The molecule has 0 unspecified atom stereocenters. The highest BCUT2D eigenvalue weighted by Crippen LogP contribution is 2.31. The van der Waals surface area contributed by atoms with Gasteiger partial charge in [-0.1, -0.05) is 0 Å². The molecule has 0 fully saturated rings. The summed E-state index contributed by atoms with van der Waals surface area (Å²) in [5.41, 5.74) is 2.28. The molecular formula is C16H11FN2O. The topological polar surface area (TPSA) is 56.8 Å². The van der Waals surface area contributed by atoms with E-state index in [0.29, 0.717) is 11.3 Å². The lowest BCUT2D eigenvalue weighted by Gasteiger charge is -2.12. The molecule has 0 saturated heterocycles. The van der Waals surface area contributed by atoms with Gasteiger partial charge in [0.1, 0.15) is 5.75 Å². The van der Waals surface area contributed by atoms with E-state index in [4.69, 9.17) is 15.3 Å². The van der Waals surface area contributed by atoms with Crippen LogP contribution in [0.4, 0.5) is 4.39 Å². The van der Waals surface area contributed by atoms with Gasteiger partial charge in [0.05, 0.1) is 23.3 Å². The molecule has 2 aromatic carbocycles. The van der Waals surface area contributed by atoms with Gasteiger partial charge in [0, 0.05) is 0 Å². The van der Waals surface area contributed by atoms with Crippen molar-refractivity contribution >= 4 is 0 Å². The van der Waals surface area contributed by atoms with Crippen molar-refractivity contribution < 1.29 is 9.13 Å². The van der Waals surface area contributed by atoms with Gasteiger partial charge >= 0.3 is 0 Å². The first kappa shape index (κ1) is 13.6. The molecule has 20 heavy (non-hydrogen) atoms. The lowest BCUT2D eigenvalue weighted by molar-refractivity contribution is 0.436. The summed E-state index contributed by atoms with van der Waals surface area (Å²) in [7, 11) is 0. The summed E-state index contributed by atoms with van der Waals surface area (Å²) in [5.74, 6) is -0.0141. The Kier molecular flexibility index (Phi) is 3.68. The molecule has 0 atom stereocenters. The minimum atomic E-state index is -0.591. The van der Waals surface area contributed by atoms with Crippen LogP contribution in [-0.2, 0) is 0 Å². The third-order valence-corrected chi connectivity index (χ3v) is 2.86. The number of rotatable bonds is 2. The Balaban J connectivity index is 2.41. The second-order valence-electron chi connectivity index (χ2n) is 4.41. The minimum absolute atomic E-state index is 0.0555. The van der Waals surface area contributed by atoms with E-state index in [2.05, 4.69) is 6.07 Å². The smallest absolute Gasteiger partial charge is 0.167 e. The van der Waals surface area contributed by atoms with Crippen molar-refractivity contribution in [2.75, 3.05) is 0 Å². The number of hydrogen-bond donors (Lipinski definition) is 0. The predicted octanol–water partition coefficient (Wildman–Crippen LogP) is 3.98. The summed E-state index contributed by atoms with van der Waals surface area (Å²) >= 11 is 0. The second-order valence-corrected chi connectivity index (χ2v) is 4.41. The molecule has 0 saturated carbocycles. The van der Waals surface area contributed by atoms with Crippen LogP contribution in [0.1, 0.15) is 22.3 Å². The van der Waals surface area contributed by atoms with Crippen LogP contribution in [0.25, 0.3) is 0 Å². The van der Waals surface area contributed by atoms with E-state index in [1.54, 1.807) is 26.0 Å². The lowest BCUT2D eigenvalue weighted by Crippen LogP contribution is -1.95. The van der Waals surface area contributed by atoms with Gasteiger partial charge in [-0.25, -0.2) is 4.39 Å². The summed E-state index contributed by atoms with van der Waals surface area (Å²) in [4.78, 5) is 0. The fourth-order valence-corrected chi connectivity index (χ4v) is 1.94. The molecule has 0 aliphatic carbocycles. The van der Waals surface area contributed by atoms with E-state index in [1.165, 1.54) is 12.1 Å². The fraction of sp³-hybridized carbons (Fsp3) is 0.125. The molecule has 2 rings (SSSR count). The van der Waals surface area contributed by atoms with Crippen LogP contribution in [0.15, 0.2) is 30.3 Å². The standard InChI is InChI=1S/C16H11FN2O/c1-10-5-13(9-19)6-11(2)16(10)20-15-4-3-12(8-18)7-14(15)17/h3-7H,1-2H3. The van der Waals surface area contributed by atoms with Crippen LogP contribution in [0.3, 0.4) is 0 Å². The number of ether oxygens (including phenoxy) is 1.